The Balaban J connectivity index is 2.34. The number of rotatable bonds is 4. The predicted molar refractivity (Wildman–Crippen MR) is 72.0 cm³/mol. The normalized spacial score (nSPS) is 18.6. The first-order valence-electron chi connectivity index (χ1n) is 6.03. The van der Waals surface area contributed by atoms with Crippen LogP contribution in [0.25, 0.3) is 0 Å². The van der Waals surface area contributed by atoms with Crippen molar-refractivity contribution < 1.29 is 19.4 Å². The first-order chi connectivity index (χ1) is 8.95. The Morgan fingerprint density at radius 1 is 1.63 bits per heavy atom. The molecule has 0 saturated carbocycles. The van der Waals surface area contributed by atoms with Crippen molar-refractivity contribution in [2.24, 2.45) is 0 Å². The molecule has 0 aromatic carbocycles. The largest absolute Gasteiger partial charge is 0.477 e. The van der Waals surface area contributed by atoms with Crippen LogP contribution < -0.4 is 4.90 Å². The van der Waals surface area contributed by atoms with Crippen molar-refractivity contribution in [2.75, 3.05) is 31.8 Å². The van der Waals surface area contributed by atoms with Gasteiger partial charge in [-0.05, 0) is 13.8 Å². The summed E-state index contributed by atoms with van der Waals surface area (Å²) in [7, 11) is 1.53. The van der Waals surface area contributed by atoms with Gasteiger partial charge < -0.3 is 19.5 Å². The molecule has 0 aliphatic carbocycles. The standard InChI is InChI=1S/C12H18N2O4S/c1-12(2)7-18-5-4-14(12)11-13-8(6-17-3)9(19-11)10(15)16/h4-7H2,1-3H3,(H,15,16). The molecular formula is C12H18N2O4S. The SMILES string of the molecule is COCc1nc(N2CCOCC2(C)C)sc1C(=O)O. The van der Waals surface area contributed by atoms with Crippen LogP contribution in [0, 0.1) is 0 Å². The monoisotopic (exact) mass is 286 g/mol. The number of anilines is 1. The van der Waals surface area contributed by atoms with Gasteiger partial charge in [-0.15, -0.1) is 0 Å². The van der Waals surface area contributed by atoms with Gasteiger partial charge in [-0.25, -0.2) is 9.78 Å². The minimum atomic E-state index is -0.957. The average molecular weight is 286 g/mol. The highest BCUT2D eigenvalue weighted by molar-refractivity contribution is 7.17. The molecule has 1 saturated heterocycles. The fourth-order valence-electron chi connectivity index (χ4n) is 2.07. The van der Waals surface area contributed by atoms with Crippen molar-refractivity contribution in [3.05, 3.63) is 10.6 Å². The van der Waals surface area contributed by atoms with E-state index in [9.17, 15) is 9.90 Å². The molecule has 0 spiro atoms. The summed E-state index contributed by atoms with van der Waals surface area (Å²) in [5.41, 5.74) is 0.299. The highest BCUT2D eigenvalue weighted by atomic mass is 32.1. The van der Waals surface area contributed by atoms with E-state index in [-0.39, 0.29) is 17.0 Å². The molecule has 1 aromatic rings. The third-order valence-electron chi connectivity index (χ3n) is 3.04. The summed E-state index contributed by atoms with van der Waals surface area (Å²) in [5, 5.41) is 9.93. The summed E-state index contributed by atoms with van der Waals surface area (Å²) in [6, 6.07) is 0. The Hall–Kier alpha value is -1.18. The fourth-order valence-corrected chi connectivity index (χ4v) is 3.17. The molecule has 1 fully saturated rings. The Kier molecular flexibility index (Phi) is 4.07. The molecule has 0 bridgehead atoms. The van der Waals surface area contributed by atoms with Crippen molar-refractivity contribution in [2.45, 2.75) is 26.0 Å². The molecule has 0 unspecified atom stereocenters. The van der Waals surface area contributed by atoms with E-state index in [2.05, 4.69) is 23.7 Å². The molecule has 6 nitrogen and oxygen atoms in total. The Bertz CT molecular complexity index is 472. The summed E-state index contributed by atoms with van der Waals surface area (Å²) >= 11 is 1.20. The molecular weight excluding hydrogens is 268 g/mol. The molecule has 19 heavy (non-hydrogen) atoms. The Labute approximate surface area is 116 Å². The van der Waals surface area contributed by atoms with Crippen molar-refractivity contribution in [1.82, 2.24) is 4.98 Å². The van der Waals surface area contributed by atoms with Gasteiger partial charge in [-0.2, -0.15) is 0 Å². The van der Waals surface area contributed by atoms with Crippen molar-refractivity contribution in [3.8, 4) is 0 Å². The smallest absolute Gasteiger partial charge is 0.347 e. The van der Waals surface area contributed by atoms with Crippen LogP contribution in [0.5, 0.6) is 0 Å². The van der Waals surface area contributed by atoms with Crippen LogP contribution in [0.4, 0.5) is 5.13 Å². The fraction of sp³-hybridized carbons (Fsp3) is 0.667. The maximum Gasteiger partial charge on any atom is 0.347 e. The zero-order valence-corrected chi connectivity index (χ0v) is 12.1. The van der Waals surface area contributed by atoms with E-state index in [1.54, 1.807) is 0 Å². The molecule has 0 radical (unpaired) electrons. The van der Waals surface area contributed by atoms with Crippen LogP contribution in [-0.4, -0.2) is 48.5 Å². The van der Waals surface area contributed by atoms with Gasteiger partial charge in [0.25, 0.3) is 0 Å². The highest BCUT2D eigenvalue weighted by Gasteiger charge is 2.33. The van der Waals surface area contributed by atoms with Crippen molar-refractivity contribution in [1.29, 1.82) is 0 Å². The molecule has 0 atom stereocenters. The summed E-state index contributed by atoms with van der Waals surface area (Å²) in [5.74, 6) is -0.957. The van der Waals surface area contributed by atoms with Crippen molar-refractivity contribution in [3.63, 3.8) is 0 Å². The number of ether oxygens (including phenoxy) is 2. The van der Waals surface area contributed by atoms with E-state index in [4.69, 9.17) is 9.47 Å². The van der Waals surface area contributed by atoms with Gasteiger partial charge in [0.1, 0.15) is 4.88 Å². The third-order valence-corrected chi connectivity index (χ3v) is 4.15. The lowest BCUT2D eigenvalue weighted by molar-refractivity contribution is 0.0643. The minimum Gasteiger partial charge on any atom is -0.477 e. The molecule has 1 N–H and O–H groups in total. The molecule has 7 heteroatoms. The molecule has 1 aromatic heterocycles. The van der Waals surface area contributed by atoms with Gasteiger partial charge in [0, 0.05) is 13.7 Å². The number of aromatic carboxylic acids is 1. The second-order valence-electron chi connectivity index (χ2n) is 5.03. The highest BCUT2D eigenvalue weighted by Crippen LogP contribution is 2.33. The Morgan fingerprint density at radius 2 is 2.37 bits per heavy atom. The summed E-state index contributed by atoms with van der Waals surface area (Å²) < 4.78 is 10.5. The van der Waals surface area contributed by atoms with E-state index in [1.807, 2.05) is 0 Å². The van der Waals surface area contributed by atoms with E-state index in [1.165, 1.54) is 18.4 Å². The maximum atomic E-state index is 11.2. The number of thiazole rings is 1. The number of hydrogen-bond donors (Lipinski definition) is 1. The lowest BCUT2D eigenvalue weighted by Crippen LogP contribution is -2.53. The number of methoxy groups -OCH3 is 1. The number of carbonyl (C=O) groups is 1. The second-order valence-corrected chi connectivity index (χ2v) is 6.00. The number of carboxylic acid groups (broad SMARTS) is 1. The number of carboxylic acids is 1. The minimum absolute atomic E-state index is 0.184. The van der Waals surface area contributed by atoms with Gasteiger partial charge >= 0.3 is 5.97 Å². The first-order valence-corrected chi connectivity index (χ1v) is 6.84. The van der Waals surface area contributed by atoms with Crippen LogP contribution in [0.2, 0.25) is 0 Å². The van der Waals surface area contributed by atoms with Crippen LogP contribution in [-0.2, 0) is 16.1 Å². The van der Waals surface area contributed by atoms with E-state index in [0.29, 0.717) is 25.5 Å². The van der Waals surface area contributed by atoms with Crippen LogP contribution in [0.1, 0.15) is 29.2 Å². The zero-order chi connectivity index (χ0) is 14.0. The van der Waals surface area contributed by atoms with E-state index < -0.39 is 5.97 Å². The van der Waals surface area contributed by atoms with E-state index >= 15 is 0 Å². The van der Waals surface area contributed by atoms with Gasteiger partial charge in [0.05, 0.1) is 31.1 Å². The molecule has 1 aliphatic heterocycles. The maximum absolute atomic E-state index is 11.2. The second kappa shape index (κ2) is 5.44. The predicted octanol–water partition coefficient (Wildman–Crippen LogP) is 1.60. The third kappa shape index (κ3) is 2.88. The molecule has 106 valence electrons. The van der Waals surface area contributed by atoms with Gasteiger partial charge in [0.15, 0.2) is 5.13 Å². The number of nitrogens with zero attached hydrogens (tertiary/aromatic N) is 2. The topological polar surface area (TPSA) is 71.9 Å². The van der Waals surface area contributed by atoms with Crippen LogP contribution in [0.3, 0.4) is 0 Å². The molecule has 1 aliphatic rings. The molecule has 2 rings (SSSR count). The quantitative estimate of drug-likeness (QED) is 0.906. The zero-order valence-electron chi connectivity index (χ0n) is 11.3. The molecule has 2 heterocycles. The molecule has 0 amide bonds. The van der Waals surface area contributed by atoms with Crippen molar-refractivity contribution >= 4 is 22.4 Å². The summed E-state index contributed by atoms with van der Waals surface area (Å²) in [6.45, 7) is 6.28. The van der Waals surface area contributed by atoms with Crippen LogP contribution in [0.15, 0.2) is 0 Å². The number of morpholine rings is 1. The lowest BCUT2D eigenvalue weighted by atomic mass is 10.0. The summed E-state index contributed by atoms with van der Waals surface area (Å²) in [6.07, 6.45) is 0. The lowest BCUT2D eigenvalue weighted by Gasteiger charge is -2.41. The van der Waals surface area contributed by atoms with Gasteiger partial charge in [0.2, 0.25) is 0 Å². The number of aromatic nitrogens is 1. The van der Waals surface area contributed by atoms with Crippen LogP contribution >= 0.6 is 11.3 Å². The average Bonchev–Trinajstić information content (AvgIpc) is 2.73. The van der Waals surface area contributed by atoms with Gasteiger partial charge in [-0.1, -0.05) is 11.3 Å². The Morgan fingerprint density at radius 3 is 2.95 bits per heavy atom. The van der Waals surface area contributed by atoms with Gasteiger partial charge in [-0.3, -0.25) is 0 Å². The summed E-state index contributed by atoms with van der Waals surface area (Å²) in [4.78, 5) is 18.0. The van der Waals surface area contributed by atoms with E-state index in [0.717, 1.165) is 5.13 Å². The first kappa shape index (κ1) is 14.2. The number of hydrogen-bond acceptors (Lipinski definition) is 6.